The molecule has 2 unspecified atom stereocenters. The van der Waals surface area contributed by atoms with Gasteiger partial charge in [0.2, 0.25) is 11.8 Å². The van der Waals surface area contributed by atoms with Gasteiger partial charge in [0.1, 0.15) is 12.6 Å². The Morgan fingerprint density at radius 3 is 2.23 bits per heavy atom. The van der Waals surface area contributed by atoms with E-state index in [0.717, 1.165) is 5.56 Å². The van der Waals surface area contributed by atoms with E-state index in [2.05, 4.69) is 5.32 Å². The summed E-state index contributed by atoms with van der Waals surface area (Å²) in [6, 6.07) is 16.2. The van der Waals surface area contributed by atoms with Crippen LogP contribution in [0.1, 0.15) is 38.3 Å². The van der Waals surface area contributed by atoms with Crippen molar-refractivity contribution in [1.29, 1.82) is 0 Å². The van der Waals surface area contributed by atoms with Crippen LogP contribution >= 0.6 is 0 Å². The molecule has 0 saturated heterocycles. The summed E-state index contributed by atoms with van der Waals surface area (Å²) < 4.78 is 10.3. The SMILES string of the molecule is COCCC1C(=O)N(CC(=O)N[C@@H](Cc2ccccc2)C(O)C(=O)OC(C)C)C(c2ccccc2)=CN1C(C)=O. The quantitative estimate of drug-likeness (QED) is 0.387. The third-order valence-electron chi connectivity index (χ3n) is 6.39. The molecule has 10 nitrogen and oxygen atoms in total. The third-order valence-corrected chi connectivity index (χ3v) is 6.39. The highest BCUT2D eigenvalue weighted by molar-refractivity contribution is 5.99. The van der Waals surface area contributed by atoms with Crippen LogP contribution in [0.4, 0.5) is 0 Å². The van der Waals surface area contributed by atoms with Crippen LogP contribution in [0.2, 0.25) is 0 Å². The molecule has 0 fully saturated rings. The Bertz CT molecular complexity index is 1200. The topological polar surface area (TPSA) is 125 Å². The molecule has 10 heteroatoms. The number of hydrogen-bond acceptors (Lipinski definition) is 7. The van der Waals surface area contributed by atoms with Crippen molar-refractivity contribution in [1.82, 2.24) is 15.1 Å². The highest BCUT2D eigenvalue weighted by Crippen LogP contribution is 2.28. The van der Waals surface area contributed by atoms with Gasteiger partial charge in [-0.05, 0) is 31.4 Å². The number of ether oxygens (including phenoxy) is 2. The van der Waals surface area contributed by atoms with Crippen LogP contribution in [-0.2, 0) is 35.1 Å². The molecule has 1 aliphatic heterocycles. The van der Waals surface area contributed by atoms with Crippen LogP contribution in [-0.4, -0.2) is 83.2 Å². The fraction of sp³-hybridized carbons (Fsp3) is 0.400. The van der Waals surface area contributed by atoms with E-state index in [4.69, 9.17) is 9.47 Å². The van der Waals surface area contributed by atoms with E-state index in [1.54, 1.807) is 44.3 Å². The van der Waals surface area contributed by atoms with Gasteiger partial charge in [0.05, 0.1) is 17.8 Å². The number of hydrogen-bond donors (Lipinski definition) is 2. The first kappa shape index (κ1) is 30.5. The maximum Gasteiger partial charge on any atom is 0.337 e. The standard InChI is InChI=1S/C30H37N3O7/c1-20(2)40-30(38)28(36)24(17-22-11-7-5-8-12-22)31-27(35)19-33-26(23-13-9-6-10-14-23)18-32(21(3)34)25(29(33)37)15-16-39-4/h5-14,18,20,24-25,28,36H,15-17,19H2,1-4H3,(H,31,35)/t24-,25?,28?/m0/s1. The molecule has 0 aliphatic carbocycles. The maximum absolute atomic E-state index is 13.7. The summed E-state index contributed by atoms with van der Waals surface area (Å²) in [4.78, 5) is 54.9. The lowest BCUT2D eigenvalue weighted by Crippen LogP contribution is -2.56. The molecule has 0 bridgehead atoms. The van der Waals surface area contributed by atoms with Gasteiger partial charge in [-0.3, -0.25) is 19.3 Å². The Balaban J connectivity index is 1.91. The zero-order chi connectivity index (χ0) is 29.2. The Labute approximate surface area is 234 Å². The van der Waals surface area contributed by atoms with E-state index in [0.29, 0.717) is 11.3 Å². The van der Waals surface area contributed by atoms with Crippen LogP contribution in [0.3, 0.4) is 0 Å². The molecule has 0 spiro atoms. The summed E-state index contributed by atoms with van der Waals surface area (Å²) >= 11 is 0. The summed E-state index contributed by atoms with van der Waals surface area (Å²) in [5.41, 5.74) is 1.81. The van der Waals surface area contributed by atoms with Crippen molar-refractivity contribution in [2.45, 2.75) is 57.9 Å². The number of carbonyl (C=O) groups excluding carboxylic acids is 4. The van der Waals surface area contributed by atoms with Gasteiger partial charge in [-0.25, -0.2) is 4.79 Å². The van der Waals surface area contributed by atoms with Gasteiger partial charge in [0.15, 0.2) is 6.10 Å². The summed E-state index contributed by atoms with van der Waals surface area (Å²) in [5, 5.41) is 13.6. The minimum Gasteiger partial charge on any atom is -0.461 e. The van der Waals surface area contributed by atoms with Crippen LogP contribution in [0.25, 0.3) is 5.70 Å². The molecule has 3 amide bonds. The average Bonchev–Trinajstić information content (AvgIpc) is 2.93. The number of nitrogens with one attached hydrogen (secondary N) is 1. The minimum atomic E-state index is -1.63. The second-order valence-corrected chi connectivity index (χ2v) is 9.82. The second kappa shape index (κ2) is 14.4. The first-order valence-corrected chi connectivity index (χ1v) is 13.2. The van der Waals surface area contributed by atoms with Crippen molar-refractivity contribution in [2.24, 2.45) is 0 Å². The Morgan fingerprint density at radius 2 is 1.65 bits per heavy atom. The highest BCUT2D eigenvalue weighted by Gasteiger charge is 2.39. The van der Waals surface area contributed by atoms with Gasteiger partial charge >= 0.3 is 5.97 Å². The van der Waals surface area contributed by atoms with Gasteiger partial charge < -0.3 is 24.8 Å². The number of carbonyl (C=O) groups is 4. The number of esters is 1. The fourth-order valence-corrected chi connectivity index (χ4v) is 4.49. The van der Waals surface area contributed by atoms with Crippen molar-refractivity contribution >= 4 is 29.4 Å². The molecule has 2 aromatic rings. The number of nitrogens with zero attached hydrogens (tertiary/aromatic N) is 2. The maximum atomic E-state index is 13.7. The number of rotatable bonds is 12. The van der Waals surface area contributed by atoms with Gasteiger partial charge in [-0.1, -0.05) is 60.7 Å². The second-order valence-electron chi connectivity index (χ2n) is 9.82. The van der Waals surface area contributed by atoms with Crippen LogP contribution in [0.5, 0.6) is 0 Å². The molecule has 3 atom stereocenters. The molecule has 1 aliphatic rings. The van der Waals surface area contributed by atoms with Gasteiger partial charge in [-0.2, -0.15) is 0 Å². The number of aliphatic hydroxyl groups excluding tert-OH is 1. The Morgan fingerprint density at radius 1 is 1.02 bits per heavy atom. The van der Waals surface area contributed by atoms with Gasteiger partial charge in [0, 0.05) is 33.3 Å². The van der Waals surface area contributed by atoms with E-state index in [1.807, 2.05) is 36.4 Å². The van der Waals surface area contributed by atoms with Crippen molar-refractivity contribution in [3.63, 3.8) is 0 Å². The first-order chi connectivity index (χ1) is 19.1. The van der Waals surface area contributed by atoms with Crippen molar-refractivity contribution in [3.05, 3.63) is 78.0 Å². The zero-order valence-electron chi connectivity index (χ0n) is 23.3. The zero-order valence-corrected chi connectivity index (χ0v) is 23.3. The molecule has 214 valence electrons. The molecule has 2 N–H and O–H groups in total. The number of methoxy groups -OCH3 is 1. The molecule has 40 heavy (non-hydrogen) atoms. The Kier molecular flexibility index (Phi) is 11.0. The van der Waals surface area contributed by atoms with E-state index >= 15 is 0 Å². The Hall–Kier alpha value is -4.02. The molecular weight excluding hydrogens is 514 g/mol. The molecule has 3 rings (SSSR count). The molecule has 1 heterocycles. The average molecular weight is 552 g/mol. The largest absolute Gasteiger partial charge is 0.461 e. The highest BCUT2D eigenvalue weighted by atomic mass is 16.6. The summed E-state index contributed by atoms with van der Waals surface area (Å²) in [6.07, 6.45) is -0.112. The fourth-order valence-electron chi connectivity index (χ4n) is 4.49. The van der Waals surface area contributed by atoms with Crippen LogP contribution in [0.15, 0.2) is 66.9 Å². The molecular formula is C30H37N3O7. The summed E-state index contributed by atoms with van der Waals surface area (Å²) in [5.74, 6) is -2.20. The lowest BCUT2D eigenvalue weighted by Gasteiger charge is -2.39. The van der Waals surface area contributed by atoms with E-state index in [9.17, 15) is 24.3 Å². The van der Waals surface area contributed by atoms with Gasteiger partial charge in [0.25, 0.3) is 5.91 Å². The normalized spacial score (nSPS) is 16.8. The third kappa shape index (κ3) is 8.00. The smallest absolute Gasteiger partial charge is 0.337 e. The van der Waals surface area contributed by atoms with Crippen molar-refractivity contribution in [3.8, 4) is 0 Å². The molecule has 0 saturated carbocycles. The van der Waals surface area contributed by atoms with Crippen LogP contribution in [0, 0.1) is 0 Å². The van der Waals surface area contributed by atoms with Gasteiger partial charge in [-0.15, -0.1) is 0 Å². The van der Waals surface area contributed by atoms with Crippen LogP contribution < -0.4 is 5.32 Å². The van der Waals surface area contributed by atoms with Crippen molar-refractivity contribution < 1.29 is 33.8 Å². The molecule has 0 aromatic heterocycles. The van der Waals surface area contributed by atoms with E-state index in [1.165, 1.54) is 23.8 Å². The predicted molar refractivity (Wildman–Crippen MR) is 148 cm³/mol. The number of aliphatic hydroxyl groups is 1. The molecule has 2 aromatic carbocycles. The lowest BCUT2D eigenvalue weighted by atomic mass is 10.0. The number of amides is 3. The lowest BCUT2D eigenvalue weighted by molar-refractivity contribution is -0.159. The van der Waals surface area contributed by atoms with Crippen molar-refractivity contribution in [2.75, 3.05) is 20.3 Å². The van der Waals surface area contributed by atoms with E-state index in [-0.39, 0.29) is 25.4 Å². The monoisotopic (exact) mass is 551 g/mol. The summed E-state index contributed by atoms with van der Waals surface area (Å²) in [6.45, 7) is 4.54. The molecule has 0 radical (unpaired) electrons. The minimum absolute atomic E-state index is 0.158. The summed E-state index contributed by atoms with van der Waals surface area (Å²) in [7, 11) is 1.50. The number of benzene rings is 2. The van der Waals surface area contributed by atoms with E-state index < -0.39 is 48.6 Å². The predicted octanol–water partition coefficient (Wildman–Crippen LogP) is 2.12. The first-order valence-electron chi connectivity index (χ1n) is 13.2.